The minimum absolute atomic E-state index is 0.0349. The molecule has 0 amide bonds. The average Bonchev–Trinajstić information content (AvgIpc) is 2.42. The van der Waals surface area contributed by atoms with Crippen molar-refractivity contribution in [3.8, 4) is 0 Å². The molecular formula is C15H24N2O3S. The van der Waals surface area contributed by atoms with Gasteiger partial charge in [-0.3, -0.25) is 0 Å². The van der Waals surface area contributed by atoms with Crippen LogP contribution in [0.2, 0.25) is 0 Å². The van der Waals surface area contributed by atoms with E-state index in [1.54, 1.807) is 31.3 Å². The molecule has 0 atom stereocenters. The van der Waals surface area contributed by atoms with Crippen molar-refractivity contribution in [2.45, 2.75) is 36.3 Å². The summed E-state index contributed by atoms with van der Waals surface area (Å²) in [4.78, 5) is 2.41. The number of benzene rings is 1. The van der Waals surface area contributed by atoms with Crippen LogP contribution in [-0.2, 0) is 16.6 Å². The topological polar surface area (TPSA) is 60.9 Å². The molecule has 0 saturated heterocycles. The van der Waals surface area contributed by atoms with Crippen molar-refractivity contribution in [1.82, 2.24) is 9.21 Å². The van der Waals surface area contributed by atoms with Crippen LogP contribution in [-0.4, -0.2) is 56.0 Å². The highest BCUT2D eigenvalue weighted by molar-refractivity contribution is 7.89. The predicted molar refractivity (Wildman–Crippen MR) is 82.4 cm³/mol. The maximum Gasteiger partial charge on any atom is 0.242 e. The Kier molecular flexibility index (Phi) is 4.72. The molecule has 0 aromatic heterocycles. The molecule has 0 aliphatic heterocycles. The van der Waals surface area contributed by atoms with Crippen LogP contribution >= 0.6 is 0 Å². The zero-order valence-corrected chi connectivity index (χ0v) is 13.7. The van der Waals surface area contributed by atoms with Gasteiger partial charge in [0.1, 0.15) is 0 Å². The highest BCUT2D eigenvalue weighted by Crippen LogP contribution is 2.37. The van der Waals surface area contributed by atoms with Gasteiger partial charge in [-0.1, -0.05) is 12.1 Å². The van der Waals surface area contributed by atoms with E-state index >= 15 is 0 Å². The standard InChI is InChI=1S/C15H24N2O3S/c1-16(2)15(9-4-10-15)12-17(3)21(19,20)14-7-5-13(11-18)6-8-14/h5-8,18H,4,9-12H2,1-3H3. The van der Waals surface area contributed by atoms with Gasteiger partial charge in [0.25, 0.3) is 0 Å². The van der Waals surface area contributed by atoms with Gasteiger partial charge in [0.15, 0.2) is 0 Å². The second-order valence-electron chi connectivity index (χ2n) is 6.04. The van der Waals surface area contributed by atoms with Crippen LogP contribution in [0, 0.1) is 0 Å². The molecule has 0 unspecified atom stereocenters. The molecule has 1 fully saturated rings. The molecule has 5 nitrogen and oxygen atoms in total. The Morgan fingerprint density at radius 1 is 1.14 bits per heavy atom. The van der Waals surface area contributed by atoms with Gasteiger partial charge in [-0.2, -0.15) is 4.31 Å². The number of aliphatic hydroxyl groups excluding tert-OH is 1. The SMILES string of the molecule is CN(C)C1(CN(C)S(=O)(=O)c2ccc(CO)cc2)CCC1. The number of rotatable bonds is 6. The highest BCUT2D eigenvalue weighted by Gasteiger charge is 2.42. The van der Waals surface area contributed by atoms with Crippen molar-refractivity contribution >= 4 is 10.0 Å². The van der Waals surface area contributed by atoms with Gasteiger partial charge in [0.05, 0.1) is 11.5 Å². The summed E-state index contributed by atoms with van der Waals surface area (Å²) in [6.45, 7) is 0.421. The molecular weight excluding hydrogens is 288 g/mol. The highest BCUT2D eigenvalue weighted by atomic mass is 32.2. The van der Waals surface area contributed by atoms with E-state index in [2.05, 4.69) is 4.90 Å². The molecule has 1 aliphatic carbocycles. The lowest BCUT2D eigenvalue weighted by atomic mass is 9.75. The van der Waals surface area contributed by atoms with Crippen molar-refractivity contribution in [2.75, 3.05) is 27.7 Å². The molecule has 6 heteroatoms. The fourth-order valence-corrected chi connectivity index (χ4v) is 4.03. The van der Waals surface area contributed by atoms with Crippen molar-refractivity contribution in [2.24, 2.45) is 0 Å². The van der Waals surface area contributed by atoms with E-state index in [4.69, 9.17) is 5.11 Å². The monoisotopic (exact) mass is 312 g/mol. The van der Waals surface area contributed by atoms with Crippen molar-refractivity contribution in [1.29, 1.82) is 0 Å². The second kappa shape index (κ2) is 6.04. The first-order valence-electron chi connectivity index (χ1n) is 7.15. The van der Waals surface area contributed by atoms with E-state index < -0.39 is 10.0 Å². The van der Waals surface area contributed by atoms with E-state index in [0.29, 0.717) is 12.1 Å². The smallest absolute Gasteiger partial charge is 0.242 e. The van der Waals surface area contributed by atoms with Gasteiger partial charge in [0.2, 0.25) is 10.0 Å². The third-order valence-corrected chi connectivity index (χ3v) is 6.38. The molecule has 0 heterocycles. The Labute approximate surface area is 127 Å². The van der Waals surface area contributed by atoms with E-state index in [-0.39, 0.29) is 17.0 Å². The third kappa shape index (κ3) is 3.13. The van der Waals surface area contributed by atoms with Crippen LogP contribution < -0.4 is 0 Å². The lowest BCUT2D eigenvalue weighted by molar-refractivity contribution is 0.0455. The van der Waals surface area contributed by atoms with E-state index in [1.807, 2.05) is 14.1 Å². The zero-order valence-electron chi connectivity index (χ0n) is 12.9. The molecule has 21 heavy (non-hydrogen) atoms. The van der Waals surface area contributed by atoms with E-state index in [1.165, 1.54) is 4.31 Å². The molecule has 1 saturated carbocycles. The summed E-state index contributed by atoms with van der Waals surface area (Å²) in [5.41, 5.74) is 0.674. The van der Waals surface area contributed by atoms with Gasteiger partial charge in [-0.15, -0.1) is 0 Å². The fourth-order valence-electron chi connectivity index (χ4n) is 2.78. The van der Waals surface area contributed by atoms with Crippen molar-refractivity contribution in [3.05, 3.63) is 29.8 Å². The molecule has 0 radical (unpaired) electrons. The lowest BCUT2D eigenvalue weighted by Crippen LogP contribution is -2.57. The Bertz CT molecular complexity index is 577. The van der Waals surface area contributed by atoms with Crippen LogP contribution in [0.15, 0.2) is 29.2 Å². The summed E-state index contributed by atoms with van der Waals surface area (Å²) in [6, 6.07) is 6.40. The molecule has 1 aliphatic rings. The molecule has 2 rings (SSSR count). The second-order valence-corrected chi connectivity index (χ2v) is 8.08. The molecule has 0 bridgehead atoms. The van der Waals surface area contributed by atoms with Crippen LogP contribution in [0.25, 0.3) is 0 Å². The molecule has 1 aromatic rings. The summed E-state index contributed by atoms with van der Waals surface area (Å²) < 4.78 is 26.7. The van der Waals surface area contributed by atoms with Gasteiger partial charge >= 0.3 is 0 Å². The number of aliphatic hydroxyl groups is 1. The number of hydrogen-bond donors (Lipinski definition) is 1. The summed E-state index contributed by atoms with van der Waals surface area (Å²) in [5.74, 6) is 0. The molecule has 0 spiro atoms. The molecule has 1 aromatic carbocycles. The average molecular weight is 312 g/mol. The first-order chi connectivity index (χ1) is 9.82. The maximum atomic E-state index is 12.6. The predicted octanol–water partition coefficient (Wildman–Crippen LogP) is 1.28. The van der Waals surface area contributed by atoms with Gasteiger partial charge < -0.3 is 10.0 Å². The Balaban J connectivity index is 2.18. The largest absolute Gasteiger partial charge is 0.392 e. The first-order valence-corrected chi connectivity index (χ1v) is 8.59. The quantitative estimate of drug-likeness (QED) is 0.860. The number of hydrogen-bond acceptors (Lipinski definition) is 4. The van der Waals surface area contributed by atoms with E-state index in [9.17, 15) is 8.42 Å². The normalized spacial score (nSPS) is 18.0. The third-order valence-electron chi connectivity index (χ3n) is 4.56. The molecule has 118 valence electrons. The summed E-state index contributed by atoms with van der Waals surface area (Å²) in [6.07, 6.45) is 3.21. The maximum absolute atomic E-state index is 12.6. The number of nitrogens with zero attached hydrogens (tertiary/aromatic N) is 2. The van der Waals surface area contributed by atoms with Crippen molar-refractivity contribution < 1.29 is 13.5 Å². The van der Waals surface area contributed by atoms with Gasteiger partial charge in [-0.25, -0.2) is 8.42 Å². The van der Waals surface area contributed by atoms with E-state index in [0.717, 1.165) is 19.3 Å². The number of likely N-dealkylation sites (N-methyl/N-ethyl adjacent to an activating group) is 2. The minimum Gasteiger partial charge on any atom is -0.392 e. The van der Waals surface area contributed by atoms with Crippen molar-refractivity contribution in [3.63, 3.8) is 0 Å². The minimum atomic E-state index is -3.48. The Morgan fingerprint density at radius 2 is 1.71 bits per heavy atom. The summed E-state index contributed by atoms with van der Waals surface area (Å²) in [5, 5.41) is 9.03. The van der Waals surface area contributed by atoms with Gasteiger partial charge in [0, 0.05) is 19.1 Å². The van der Waals surface area contributed by atoms with Crippen LogP contribution in [0.4, 0.5) is 0 Å². The summed E-state index contributed by atoms with van der Waals surface area (Å²) in [7, 11) is 2.18. The van der Waals surface area contributed by atoms with Crippen LogP contribution in [0.3, 0.4) is 0 Å². The molecule has 1 N–H and O–H groups in total. The van der Waals surface area contributed by atoms with Gasteiger partial charge in [-0.05, 0) is 51.1 Å². The lowest BCUT2D eigenvalue weighted by Gasteiger charge is -2.48. The number of sulfonamides is 1. The summed E-state index contributed by atoms with van der Waals surface area (Å²) >= 11 is 0. The Morgan fingerprint density at radius 3 is 2.10 bits per heavy atom. The Hall–Kier alpha value is -0.950. The van der Waals surface area contributed by atoms with Crippen LogP contribution in [0.1, 0.15) is 24.8 Å². The first kappa shape index (κ1) is 16.4. The zero-order chi connectivity index (χ0) is 15.7. The van der Waals surface area contributed by atoms with Crippen LogP contribution in [0.5, 0.6) is 0 Å². The fraction of sp³-hybridized carbons (Fsp3) is 0.600.